The highest BCUT2D eigenvalue weighted by Crippen LogP contribution is 2.38. The quantitative estimate of drug-likeness (QED) is 0.524. The van der Waals surface area contributed by atoms with E-state index in [4.69, 9.17) is 0 Å². The molecule has 0 amide bonds. The van der Waals surface area contributed by atoms with Crippen molar-refractivity contribution in [2.45, 2.75) is 31.1 Å². The predicted octanol–water partition coefficient (Wildman–Crippen LogP) is 3.32. The van der Waals surface area contributed by atoms with Crippen LogP contribution < -0.4 is 5.32 Å². The van der Waals surface area contributed by atoms with Crippen LogP contribution in [0.4, 0.5) is 23.4 Å². The molecule has 1 unspecified atom stereocenters. The molecule has 7 nitrogen and oxygen atoms in total. The summed E-state index contributed by atoms with van der Waals surface area (Å²) in [6, 6.07) is 3.27. The number of alkyl halides is 4. The zero-order chi connectivity index (χ0) is 23.0. The van der Waals surface area contributed by atoms with Crippen LogP contribution in [0, 0.1) is 0 Å². The molecule has 4 heterocycles. The van der Waals surface area contributed by atoms with Crippen molar-refractivity contribution < 1.29 is 17.6 Å². The van der Waals surface area contributed by atoms with Gasteiger partial charge >= 0.3 is 6.18 Å². The fourth-order valence-corrected chi connectivity index (χ4v) is 4.85. The minimum atomic E-state index is -4.32. The van der Waals surface area contributed by atoms with Crippen LogP contribution in [0.2, 0.25) is 0 Å². The molecule has 0 bridgehead atoms. The molecule has 1 aromatic carbocycles. The maximum absolute atomic E-state index is 13.3. The highest BCUT2D eigenvalue weighted by molar-refractivity contribution is 5.83. The fourth-order valence-electron chi connectivity index (χ4n) is 4.85. The van der Waals surface area contributed by atoms with E-state index in [9.17, 15) is 17.6 Å². The van der Waals surface area contributed by atoms with E-state index in [2.05, 4.69) is 30.4 Å². The third kappa shape index (κ3) is 4.65. The number of hydrogen-bond donors (Lipinski definition) is 2. The van der Waals surface area contributed by atoms with E-state index in [1.54, 1.807) is 18.6 Å². The number of anilines is 1. The summed E-state index contributed by atoms with van der Waals surface area (Å²) in [5.74, 6) is 0.581. The van der Waals surface area contributed by atoms with Crippen LogP contribution in [0.1, 0.15) is 29.3 Å². The van der Waals surface area contributed by atoms with Gasteiger partial charge in [-0.1, -0.05) is 6.07 Å². The Morgan fingerprint density at radius 1 is 1.12 bits per heavy atom. The maximum Gasteiger partial charge on any atom is 0.401 e. The molecule has 0 radical (unpaired) electrons. The van der Waals surface area contributed by atoms with E-state index < -0.39 is 18.8 Å². The van der Waals surface area contributed by atoms with Gasteiger partial charge < -0.3 is 5.32 Å². The lowest BCUT2D eigenvalue weighted by Gasteiger charge is -2.39. The predicted molar refractivity (Wildman–Crippen MR) is 116 cm³/mol. The number of aromatic amines is 1. The van der Waals surface area contributed by atoms with Gasteiger partial charge in [0.2, 0.25) is 0 Å². The van der Waals surface area contributed by atoms with Crippen molar-refractivity contribution in [3.63, 3.8) is 0 Å². The van der Waals surface area contributed by atoms with Crippen molar-refractivity contribution in [3.05, 3.63) is 47.5 Å². The smallest absolute Gasteiger partial charge is 0.363 e. The van der Waals surface area contributed by atoms with Crippen molar-refractivity contribution in [1.29, 1.82) is 0 Å². The van der Waals surface area contributed by atoms with Gasteiger partial charge in [0.1, 0.15) is 5.82 Å². The molecule has 0 spiro atoms. The Labute approximate surface area is 188 Å². The third-order valence-electron chi connectivity index (χ3n) is 6.33. The van der Waals surface area contributed by atoms with E-state index in [1.165, 1.54) is 4.90 Å². The van der Waals surface area contributed by atoms with Crippen LogP contribution in [-0.2, 0) is 6.42 Å². The van der Waals surface area contributed by atoms with Crippen molar-refractivity contribution in [3.8, 4) is 0 Å². The summed E-state index contributed by atoms with van der Waals surface area (Å²) in [6.07, 6.45) is 1.58. The largest absolute Gasteiger partial charge is 0.401 e. The molecule has 176 valence electrons. The van der Waals surface area contributed by atoms with E-state index >= 15 is 0 Å². The minimum absolute atomic E-state index is 0.205. The van der Waals surface area contributed by atoms with Crippen LogP contribution in [-0.4, -0.2) is 81.6 Å². The van der Waals surface area contributed by atoms with Gasteiger partial charge in [0.05, 0.1) is 55.1 Å². The lowest BCUT2D eigenvalue weighted by molar-refractivity contribution is -0.150. The first-order valence-electron chi connectivity index (χ1n) is 11.0. The van der Waals surface area contributed by atoms with E-state index in [1.807, 2.05) is 12.1 Å². The van der Waals surface area contributed by atoms with E-state index in [0.717, 1.165) is 41.7 Å². The number of aromatic nitrogens is 4. The molecule has 1 fully saturated rings. The summed E-state index contributed by atoms with van der Waals surface area (Å²) in [6.45, 7) is 1.28. The Morgan fingerprint density at radius 2 is 1.97 bits per heavy atom. The zero-order valence-electron chi connectivity index (χ0n) is 17.9. The van der Waals surface area contributed by atoms with Gasteiger partial charge in [-0.2, -0.15) is 18.3 Å². The fraction of sp³-hybridized carbons (Fsp3) is 0.500. The average molecular weight is 463 g/mol. The number of fused-ring (bicyclic) bond motifs is 3. The summed E-state index contributed by atoms with van der Waals surface area (Å²) < 4.78 is 52.3. The van der Waals surface area contributed by atoms with Crippen molar-refractivity contribution in [2.24, 2.45) is 0 Å². The second-order valence-corrected chi connectivity index (χ2v) is 8.67. The summed E-state index contributed by atoms with van der Waals surface area (Å²) in [5, 5.41) is 11.2. The first-order valence-corrected chi connectivity index (χ1v) is 11.0. The first-order chi connectivity index (χ1) is 15.9. The van der Waals surface area contributed by atoms with Crippen LogP contribution in [0.25, 0.3) is 10.9 Å². The highest BCUT2D eigenvalue weighted by atomic mass is 19.4. The molecule has 2 aliphatic rings. The lowest BCUT2D eigenvalue weighted by Crippen LogP contribution is -2.54. The molecular formula is C22H25F4N7. The zero-order valence-corrected chi connectivity index (χ0v) is 17.9. The standard InChI is InChI=1S/C22H25F4N7/c23-5-1-6-32-11-14(12-32)30-20-10-27-19(9-28-20)21-16-2-3-18-17(8-29-31-18)15(16)4-7-33(21)13-22(24,25)26/h2-3,8-10,14,21H,1,4-7,11-13H2,(H,28,30)(H,29,31). The summed E-state index contributed by atoms with van der Waals surface area (Å²) in [5.41, 5.74) is 3.14. The number of rotatable bonds is 7. The molecule has 11 heteroatoms. The van der Waals surface area contributed by atoms with Gasteiger partial charge in [0, 0.05) is 31.6 Å². The number of benzene rings is 1. The topological polar surface area (TPSA) is 73.0 Å². The average Bonchev–Trinajstić information content (AvgIpc) is 3.24. The molecule has 2 N–H and O–H groups in total. The van der Waals surface area contributed by atoms with Crippen LogP contribution in [0.3, 0.4) is 0 Å². The molecule has 33 heavy (non-hydrogen) atoms. The summed E-state index contributed by atoms with van der Waals surface area (Å²) in [4.78, 5) is 12.5. The normalized spacial score (nSPS) is 20.1. The SMILES string of the molecule is FCCCN1CC(Nc2cnc(C3c4ccc5[nH]ncc5c4CCN3CC(F)(F)F)cn2)C1. The molecule has 5 rings (SSSR count). The first kappa shape index (κ1) is 22.0. The molecule has 0 aliphatic carbocycles. The highest BCUT2D eigenvalue weighted by Gasteiger charge is 2.38. The van der Waals surface area contributed by atoms with Crippen molar-refractivity contribution in [1.82, 2.24) is 30.0 Å². The Balaban J connectivity index is 1.37. The summed E-state index contributed by atoms with van der Waals surface area (Å²) in [7, 11) is 0. The van der Waals surface area contributed by atoms with Gasteiger partial charge in [0.25, 0.3) is 0 Å². The van der Waals surface area contributed by atoms with Gasteiger partial charge in [-0.3, -0.25) is 24.3 Å². The van der Waals surface area contributed by atoms with Gasteiger partial charge in [-0.05, 0) is 30.0 Å². The molecule has 1 saturated heterocycles. The molecule has 2 aliphatic heterocycles. The third-order valence-corrected chi connectivity index (χ3v) is 6.33. The molecule has 2 aromatic heterocycles. The molecular weight excluding hydrogens is 438 g/mol. The number of likely N-dealkylation sites (tertiary alicyclic amines) is 1. The van der Waals surface area contributed by atoms with Gasteiger partial charge in [-0.15, -0.1) is 0 Å². The second-order valence-electron chi connectivity index (χ2n) is 8.67. The monoisotopic (exact) mass is 463 g/mol. The van der Waals surface area contributed by atoms with Crippen molar-refractivity contribution >= 4 is 16.7 Å². The number of halogens is 4. The summed E-state index contributed by atoms with van der Waals surface area (Å²) >= 11 is 0. The number of nitrogens with zero attached hydrogens (tertiary/aromatic N) is 5. The maximum atomic E-state index is 13.3. The number of H-pyrrole nitrogens is 1. The van der Waals surface area contributed by atoms with Crippen molar-refractivity contribution in [2.75, 3.05) is 44.7 Å². The van der Waals surface area contributed by atoms with Crippen LogP contribution >= 0.6 is 0 Å². The van der Waals surface area contributed by atoms with E-state index in [-0.39, 0.29) is 19.3 Å². The number of nitrogens with one attached hydrogen (secondary N) is 2. The van der Waals surface area contributed by atoms with Crippen LogP contribution in [0.5, 0.6) is 0 Å². The second kappa shape index (κ2) is 8.86. The Hall–Kier alpha value is -2.79. The number of hydrogen-bond acceptors (Lipinski definition) is 6. The Bertz CT molecular complexity index is 1090. The molecule has 0 saturated carbocycles. The van der Waals surface area contributed by atoms with Gasteiger partial charge in [-0.25, -0.2) is 4.98 Å². The van der Waals surface area contributed by atoms with Gasteiger partial charge in [0.15, 0.2) is 0 Å². The van der Waals surface area contributed by atoms with Crippen LogP contribution in [0.15, 0.2) is 30.7 Å². The van der Waals surface area contributed by atoms with E-state index in [0.29, 0.717) is 24.4 Å². The Morgan fingerprint density at radius 3 is 2.70 bits per heavy atom. The lowest BCUT2D eigenvalue weighted by atomic mass is 9.88. The molecule has 3 aromatic rings. The molecule has 1 atom stereocenters. The minimum Gasteiger partial charge on any atom is -0.363 e. The Kier molecular flexibility index (Phi) is 5.92.